The molecule has 0 saturated heterocycles. The summed E-state index contributed by atoms with van der Waals surface area (Å²) in [6.07, 6.45) is 3.68. The third-order valence-corrected chi connectivity index (χ3v) is 4.06. The number of hydrogen-bond acceptors (Lipinski definition) is 3. The number of halogens is 1. The van der Waals surface area contributed by atoms with Crippen LogP contribution < -0.4 is 11.1 Å². The molecule has 0 aliphatic rings. The maximum Gasteiger partial charge on any atom is 0.241 e. The van der Waals surface area contributed by atoms with Crippen LogP contribution in [0.5, 0.6) is 0 Å². The first-order chi connectivity index (χ1) is 10.7. The minimum Gasteiger partial charge on any atom is -0.325 e. The predicted molar refractivity (Wildman–Crippen MR) is 103 cm³/mol. The fourth-order valence-electron chi connectivity index (χ4n) is 2.17. The molecule has 0 aliphatic carbocycles. The molecule has 0 radical (unpaired) electrons. The number of amides is 1. The van der Waals surface area contributed by atoms with Crippen LogP contribution in [0.15, 0.2) is 54.6 Å². The molecule has 23 heavy (non-hydrogen) atoms. The highest BCUT2D eigenvalue weighted by molar-refractivity contribution is 7.98. The molecule has 0 heterocycles. The van der Waals surface area contributed by atoms with E-state index < -0.39 is 6.04 Å². The number of aryl methyl sites for hydroxylation is 1. The van der Waals surface area contributed by atoms with E-state index in [9.17, 15) is 4.79 Å². The first kappa shape index (κ1) is 19.6. The van der Waals surface area contributed by atoms with Gasteiger partial charge in [-0.05, 0) is 48.1 Å². The Balaban J connectivity index is 0.00000264. The average Bonchev–Trinajstić information content (AvgIpc) is 2.55. The number of benzene rings is 2. The second-order valence-electron chi connectivity index (χ2n) is 5.23. The normalized spacial score (nSPS) is 11.4. The van der Waals surface area contributed by atoms with Crippen molar-refractivity contribution in [2.24, 2.45) is 5.73 Å². The number of carbonyl (C=O) groups is 1. The summed E-state index contributed by atoms with van der Waals surface area (Å²) in [5, 5.41) is 2.88. The lowest BCUT2D eigenvalue weighted by atomic mass is 10.1. The minimum atomic E-state index is -0.543. The maximum atomic E-state index is 12.1. The van der Waals surface area contributed by atoms with Crippen molar-refractivity contribution in [1.82, 2.24) is 0 Å². The molecule has 2 aromatic carbocycles. The smallest absolute Gasteiger partial charge is 0.241 e. The summed E-state index contributed by atoms with van der Waals surface area (Å²) < 4.78 is 0. The van der Waals surface area contributed by atoms with Crippen molar-refractivity contribution in [2.75, 3.05) is 17.3 Å². The largest absolute Gasteiger partial charge is 0.325 e. The highest BCUT2D eigenvalue weighted by atomic mass is 35.5. The van der Waals surface area contributed by atoms with Crippen LogP contribution >= 0.6 is 24.2 Å². The van der Waals surface area contributed by atoms with Crippen molar-refractivity contribution in [1.29, 1.82) is 0 Å². The van der Waals surface area contributed by atoms with Crippen LogP contribution in [-0.4, -0.2) is 24.0 Å². The van der Waals surface area contributed by atoms with Crippen LogP contribution in [0.25, 0.3) is 0 Å². The molecule has 0 unspecified atom stereocenters. The van der Waals surface area contributed by atoms with Crippen molar-refractivity contribution < 1.29 is 4.79 Å². The topological polar surface area (TPSA) is 55.1 Å². The monoisotopic (exact) mass is 350 g/mol. The molecule has 0 spiro atoms. The number of anilines is 1. The first-order valence-electron chi connectivity index (χ1n) is 7.37. The summed E-state index contributed by atoms with van der Waals surface area (Å²) in [5.74, 6) is 0.953. The third-order valence-electron chi connectivity index (χ3n) is 3.45. The van der Waals surface area contributed by atoms with Gasteiger partial charge < -0.3 is 11.1 Å². The molecule has 124 valence electrons. The zero-order valence-corrected chi connectivity index (χ0v) is 14.8. The molecule has 3 nitrogen and oxygen atoms in total. The van der Waals surface area contributed by atoms with Crippen LogP contribution in [0.4, 0.5) is 5.69 Å². The third kappa shape index (κ3) is 6.65. The molecule has 2 aromatic rings. The van der Waals surface area contributed by atoms with Gasteiger partial charge in [-0.25, -0.2) is 0 Å². The number of nitrogens with two attached hydrogens (primary N) is 1. The Morgan fingerprint density at radius 3 is 2.35 bits per heavy atom. The predicted octanol–water partition coefficient (Wildman–Crippen LogP) is 3.52. The lowest BCUT2D eigenvalue weighted by Crippen LogP contribution is -2.37. The van der Waals surface area contributed by atoms with Gasteiger partial charge in [-0.15, -0.1) is 12.4 Å². The highest BCUT2D eigenvalue weighted by Gasteiger charge is 2.14. The van der Waals surface area contributed by atoms with Gasteiger partial charge in [0.05, 0.1) is 6.04 Å². The van der Waals surface area contributed by atoms with Gasteiger partial charge in [-0.1, -0.05) is 42.5 Å². The number of carbonyl (C=O) groups excluding carboxylic acids is 1. The molecular weight excluding hydrogens is 328 g/mol. The summed E-state index contributed by atoms with van der Waals surface area (Å²) in [5.41, 5.74) is 9.12. The zero-order valence-electron chi connectivity index (χ0n) is 13.2. The van der Waals surface area contributed by atoms with Gasteiger partial charge in [0.15, 0.2) is 0 Å². The Labute approximate surface area is 148 Å². The highest BCUT2D eigenvalue weighted by Crippen LogP contribution is 2.12. The minimum absolute atomic E-state index is 0. The quantitative estimate of drug-likeness (QED) is 0.803. The van der Waals surface area contributed by atoms with E-state index in [1.807, 2.05) is 54.2 Å². The standard InChI is InChI=1S/C18H22N2OS.ClH/c1-22-12-11-14-7-9-16(10-8-14)20-18(21)17(19)13-15-5-3-2-4-6-15;/h2-10,17H,11-13,19H2,1H3,(H,20,21);1H/t17-;/m0./s1. The molecular formula is C18H23ClN2OS. The van der Waals surface area contributed by atoms with Crippen LogP contribution in [-0.2, 0) is 17.6 Å². The van der Waals surface area contributed by atoms with Gasteiger partial charge in [0.25, 0.3) is 0 Å². The van der Waals surface area contributed by atoms with Gasteiger partial charge in [0, 0.05) is 5.69 Å². The van der Waals surface area contributed by atoms with E-state index >= 15 is 0 Å². The second-order valence-corrected chi connectivity index (χ2v) is 6.21. The SMILES string of the molecule is CSCCc1ccc(NC(=O)[C@@H](N)Cc2ccccc2)cc1.Cl. The molecule has 0 bridgehead atoms. The van der Waals surface area contributed by atoms with E-state index in [1.165, 1.54) is 5.56 Å². The summed E-state index contributed by atoms with van der Waals surface area (Å²) in [7, 11) is 0. The molecule has 5 heteroatoms. The zero-order chi connectivity index (χ0) is 15.8. The van der Waals surface area contributed by atoms with Crippen molar-refractivity contribution in [3.63, 3.8) is 0 Å². The Bertz CT molecular complexity index is 590. The van der Waals surface area contributed by atoms with Crippen molar-refractivity contribution in [3.8, 4) is 0 Å². The lowest BCUT2D eigenvalue weighted by molar-refractivity contribution is -0.117. The van der Waals surface area contributed by atoms with Gasteiger partial charge >= 0.3 is 0 Å². The molecule has 1 atom stereocenters. The lowest BCUT2D eigenvalue weighted by Gasteiger charge is -2.12. The number of hydrogen-bond donors (Lipinski definition) is 2. The number of thioether (sulfide) groups is 1. The molecule has 0 saturated carbocycles. The maximum absolute atomic E-state index is 12.1. The molecule has 1 amide bonds. The van der Waals surface area contributed by atoms with Crippen LogP contribution in [0, 0.1) is 0 Å². The fraction of sp³-hybridized carbons (Fsp3) is 0.278. The van der Waals surface area contributed by atoms with E-state index in [-0.39, 0.29) is 18.3 Å². The molecule has 0 aromatic heterocycles. The van der Waals surface area contributed by atoms with E-state index in [1.54, 1.807) is 0 Å². The van der Waals surface area contributed by atoms with Gasteiger partial charge in [0.1, 0.15) is 0 Å². The molecule has 0 aliphatic heterocycles. The Morgan fingerprint density at radius 2 is 1.74 bits per heavy atom. The van der Waals surface area contributed by atoms with Crippen LogP contribution in [0.3, 0.4) is 0 Å². The van der Waals surface area contributed by atoms with E-state index in [2.05, 4.69) is 23.7 Å². The van der Waals surface area contributed by atoms with E-state index in [0.29, 0.717) is 6.42 Å². The van der Waals surface area contributed by atoms with Gasteiger partial charge in [0.2, 0.25) is 5.91 Å². The van der Waals surface area contributed by atoms with Gasteiger partial charge in [-0.2, -0.15) is 11.8 Å². The Kier molecular flexibility index (Phi) is 8.77. The van der Waals surface area contributed by atoms with Crippen LogP contribution in [0.1, 0.15) is 11.1 Å². The summed E-state index contributed by atoms with van der Waals surface area (Å²) in [6, 6.07) is 17.2. The Hall–Kier alpha value is -1.49. The van der Waals surface area contributed by atoms with Crippen molar-refractivity contribution in [3.05, 3.63) is 65.7 Å². The second kappa shape index (κ2) is 10.3. The molecule has 0 fully saturated rings. The van der Waals surface area contributed by atoms with Crippen molar-refractivity contribution in [2.45, 2.75) is 18.9 Å². The molecule has 3 N–H and O–H groups in total. The van der Waals surface area contributed by atoms with Crippen molar-refractivity contribution >= 4 is 35.8 Å². The van der Waals surface area contributed by atoms with E-state index in [4.69, 9.17) is 5.73 Å². The number of nitrogens with one attached hydrogen (secondary N) is 1. The molecule has 2 rings (SSSR count). The fourth-order valence-corrected chi connectivity index (χ4v) is 2.61. The summed E-state index contributed by atoms with van der Waals surface area (Å²) >= 11 is 1.83. The first-order valence-corrected chi connectivity index (χ1v) is 8.76. The summed E-state index contributed by atoms with van der Waals surface area (Å²) in [4.78, 5) is 12.1. The van der Waals surface area contributed by atoms with E-state index in [0.717, 1.165) is 23.4 Å². The number of rotatable bonds is 7. The average molecular weight is 351 g/mol. The Morgan fingerprint density at radius 1 is 1.09 bits per heavy atom. The van der Waals surface area contributed by atoms with Crippen LogP contribution in [0.2, 0.25) is 0 Å². The van der Waals surface area contributed by atoms with Gasteiger partial charge in [-0.3, -0.25) is 4.79 Å². The summed E-state index contributed by atoms with van der Waals surface area (Å²) in [6.45, 7) is 0.